The van der Waals surface area contributed by atoms with Gasteiger partial charge in [-0.3, -0.25) is 18.9 Å². The lowest BCUT2D eigenvalue weighted by Gasteiger charge is -2.29. The third-order valence-corrected chi connectivity index (χ3v) is 6.48. The summed E-state index contributed by atoms with van der Waals surface area (Å²) in [5.41, 5.74) is 1.84. The van der Waals surface area contributed by atoms with Crippen LogP contribution >= 0.6 is 24.0 Å². The Bertz CT molecular complexity index is 1100. The summed E-state index contributed by atoms with van der Waals surface area (Å²) < 4.78 is 2.03. The van der Waals surface area contributed by atoms with Crippen LogP contribution in [-0.4, -0.2) is 44.1 Å². The number of hydrogen-bond acceptors (Lipinski definition) is 6. The maximum absolute atomic E-state index is 13.4. The Hall–Kier alpha value is -2.45. The highest BCUT2D eigenvalue weighted by Crippen LogP contribution is 2.33. The van der Waals surface area contributed by atoms with Crippen LogP contribution in [0.3, 0.4) is 0 Å². The van der Waals surface area contributed by atoms with Crippen LogP contribution in [0, 0.1) is 6.92 Å². The van der Waals surface area contributed by atoms with Gasteiger partial charge < -0.3 is 4.90 Å². The lowest BCUT2D eigenvalue weighted by atomic mass is 10.1. The van der Waals surface area contributed by atoms with Gasteiger partial charge in [-0.2, -0.15) is 0 Å². The topological polar surface area (TPSA) is 57.9 Å². The average Bonchev–Trinajstić information content (AvgIpc) is 2.99. The highest BCUT2D eigenvalue weighted by molar-refractivity contribution is 8.26. The summed E-state index contributed by atoms with van der Waals surface area (Å²) in [6.45, 7) is 7.68. The van der Waals surface area contributed by atoms with Gasteiger partial charge in [-0.25, -0.2) is 4.98 Å². The molecule has 4 heterocycles. The summed E-state index contributed by atoms with van der Waals surface area (Å²) in [5, 5.41) is 0. The van der Waals surface area contributed by atoms with Gasteiger partial charge in [0.15, 0.2) is 0 Å². The lowest BCUT2D eigenvalue weighted by Crippen LogP contribution is -2.33. The van der Waals surface area contributed by atoms with Crippen LogP contribution in [0.5, 0.6) is 0 Å². The first-order valence-electron chi connectivity index (χ1n) is 9.64. The van der Waals surface area contributed by atoms with Crippen molar-refractivity contribution >= 4 is 51.7 Å². The second-order valence-electron chi connectivity index (χ2n) is 7.22. The van der Waals surface area contributed by atoms with E-state index in [-0.39, 0.29) is 11.5 Å². The highest BCUT2D eigenvalue weighted by Gasteiger charge is 2.32. The molecular weight excluding hydrogens is 404 g/mol. The minimum Gasteiger partial charge on any atom is -0.356 e. The number of aryl methyl sites for hydroxylation is 1. The molecule has 2 aromatic heterocycles. The molecule has 0 aliphatic carbocycles. The predicted octanol–water partition coefficient (Wildman–Crippen LogP) is 3.38. The molecular formula is C21H22N4O2S2. The van der Waals surface area contributed by atoms with Crippen molar-refractivity contribution < 1.29 is 4.79 Å². The van der Waals surface area contributed by atoms with Gasteiger partial charge in [-0.15, -0.1) is 6.58 Å². The number of thiocarbonyl (C=S) groups is 1. The summed E-state index contributed by atoms with van der Waals surface area (Å²) in [7, 11) is 0. The number of aromatic nitrogens is 2. The molecule has 150 valence electrons. The van der Waals surface area contributed by atoms with E-state index in [0.717, 1.165) is 31.5 Å². The predicted molar refractivity (Wildman–Crippen MR) is 122 cm³/mol. The Morgan fingerprint density at radius 1 is 1.24 bits per heavy atom. The zero-order chi connectivity index (χ0) is 20.5. The summed E-state index contributed by atoms with van der Waals surface area (Å²) in [6.07, 6.45) is 8.40. The quantitative estimate of drug-likeness (QED) is 0.424. The second kappa shape index (κ2) is 8.12. The molecule has 0 unspecified atom stereocenters. The van der Waals surface area contributed by atoms with E-state index in [4.69, 9.17) is 17.2 Å². The molecule has 29 heavy (non-hydrogen) atoms. The van der Waals surface area contributed by atoms with Gasteiger partial charge in [-0.1, -0.05) is 36.1 Å². The van der Waals surface area contributed by atoms with Crippen LogP contribution < -0.4 is 10.5 Å². The normalized spacial score (nSPS) is 18.9. The Balaban J connectivity index is 1.88. The van der Waals surface area contributed by atoms with Crippen LogP contribution in [0.2, 0.25) is 0 Å². The van der Waals surface area contributed by atoms with Gasteiger partial charge in [0.05, 0.1) is 10.5 Å². The van der Waals surface area contributed by atoms with Gasteiger partial charge in [0.2, 0.25) is 0 Å². The van der Waals surface area contributed by atoms with Crippen molar-refractivity contribution in [1.82, 2.24) is 14.3 Å². The molecule has 4 rings (SSSR count). The molecule has 0 bridgehead atoms. The number of piperidine rings is 1. The Kier molecular flexibility index (Phi) is 5.56. The van der Waals surface area contributed by atoms with Crippen molar-refractivity contribution in [3.8, 4) is 0 Å². The Morgan fingerprint density at radius 2 is 2.00 bits per heavy atom. The standard InChI is InChI=1S/C21H22N4O2S2/c1-3-9-24-20(27)16(29-21(24)28)12-15-18(23-10-5-4-6-11-23)22-17-8-7-14(2)13-25(17)19(15)26/h3,7-8,12-13H,1,4-6,9-11H2,2H3/b16-12+. The molecule has 2 fully saturated rings. The van der Waals surface area contributed by atoms with Crippen molar-refractivity contribution in [2.24, 2.45) is 0 Å². The van der Waals surface area contributed by atoms with E-state index >= 15 is 0 Å². The van der Waals surface area contributed by atoms with Crippen molar-refractivity contribution in [2.45, 2.75) is 26.2 Å². The number of fused-ring (bicyclic) bond motifs is 1. The molecule has 0 saturated carbocycles. The molecule has 2 aliphatic heterocycles. The molecule has 1 amide bonds. The van der Waals surface area contributed by atoms with E-state index < -0.39 is 0 Å². The van der Waals surface area contributed by atoms with Crippen LogP contribution in [0.1, 0.15) is 30.4 Å². The fraction of sp³-hybridized carbons (Fsp3) is 0.333. The van der Waals surface area contributed by atoms with Crippen LogP contribution in [0.25, 0.3) is 11.7 Å². The number of thioether (sulfide) groups is 1. The number of nitrogens with zero attached hydrogens (tertiary/aromatic N) is 4. The zero-order valence-corrected chi connectivity index (χ0v) is 17.9. The Morgan fingerprint density at radius 3 is 2.72 bits per heavy atom. The van der Waals surface area contributed by atoms with Crippen LogP contribution in [-0.2, 0) is 4.79 Å². The summed E-state index contributed by atoms with van der Waals surface area (Å²) in [5.74, 6) is 0.450. The number of rotatable bonds is 4. The van der Waals surface area contributed by atoms with Gasteiger partial charge in [0, 0.05) is 25.8 Å². The number of carbonyl (C=O) groups excluding carboxylic acids is 1. The molecule has 2 aromatic rings. The molecule has 2 aliphatic rings. The largest absolute Gasteiger partial charge is 0.356 e. The molecule has 6 nitrogen and oxygen atoms in total. The first-order chi connectivity index (χ1) is 14.0. The van der Waals surface area contributed by atoms with Gasteiger partial charge in [0.1, 0.15) is 15.8 Å². The lowest BCUT2D eigenvalue weighted by molar-refractivity contribution is -0.121. The van der Waals surface area contributed by atoms with E-state index in [1.807, 2.05) is 19.1 Å². The second-order valence-corrected chi connectivity index (χ2v) is 8.89. The number of carbonyl (C=O) groups is 1. The smallest absolute Gasteiger partial charge is 0.267 e. The minimum absolute atomic E-state index is 0.173. The van der Waals surface area contributed by atoms with Crippen molar-refractivity contribution in [3.05, 3.63) is 57.4 Å². The Labute approximate surface area is 178 Å². The highest BCUT2D eigenvalue weighted by atomic mass is 32.2. The van der Waals surface area contributed by atoms with Crippen molar-refractivity contribution in [1.29, 1.82) is 0 Å². The fourth-order valence-electron chi connectivity index (χ4n) is 3.64. The summed E-state index contributed by atoms with van der Waals surface area (Å²) in [6, 6.07) is 3.80. The molecule has 0 aromatic carbocycles. The third kappa shape index (κ3) is 3.74. The van der Waals surface area contributed by atoms with Crippen molar-refractivity contribution in [2.75, 3.05) is 24.5 Å². The molecule has 0 atom stereocenters. The van der Waals surface area contributed by atoms with E-state index in [0.29, 0.717) is 32.8 Å². The number of hydrogen-bond donors (Lipinski definition) is 0. The van der Waals surface area contributed by atoms with E-state index in [1.54, 1.807) is 22.7 Å². The fourth-order valence-corrected chi connectivity index (χ4v) is 4.89. The first-order valence-corrected chi connectivity index (χ1v) is 10.9. The van der Waals surface area contributed by atoms with E-state index in [1.165, 1.54) is 23.1 Å². The zero-order valence-electron chi connectivity index (χ0n) is 16.3. The van der Waals surface area contributed by atoms with Gasteiger partial charge in [-0.05, 0) is 43.9 Å². The third-order valence-electron chi connectivity index (χ3n) is 5.10. The van der Waals surface area contributed by atoms with E-state index in [9.17, 15) is 9.59 Å². The summed E-state index contributed by atoms with van der Waals surface area (Å²) >= 11 is 6.55. The minimum atomic E-state index is -0.196. The van der Waals surface area contributed by atoms with Crippen molar-refractivity contribution in [3.63, 3.8) is 0 Å². The SMILES string of the molecule is C=CCN1C(=O)/C(=C\c2c(N3CCCCC3)nc3ccc(C)cn3c2=O)SC1=S. The number of amides is 1. The molecule has 2 saturated heterocycles. The molecule has 0 spiro atoms. The molecule has 8 heteroatoms. The monoisotopic (exact) mass is 426 g/mol. The number of pyridine rings is 1. The van der Waals surface area contributed by atoms with Gasteiger partial charge >= 0.3 is 0 Å². The van der Waals surface area contributed by atoms with Crippen LogP contribution in [0.15, 0.2) is 40.7 Å². The summed E-state index contributed by atoms with van der Waals surface area (Å²) in [4.78, 5) is 35.1. The molecule has 0 radical (unpaired) electrons. The first kappa shape index (κ1) is 19.8. The molecule has 0 N–H and O–H groups in total. The maximum atomic E-state index is 13.4. The van der Waals surface area contributed by atoms with Gasteiger partial charge in [0.25, 0.3) is 11.5 Å². The van der Waals surface area contributed by atoms with E-state index in [2.05, 4.69) is 11.5 Å². The van der Waals surface area contributed by atoms with Crippen LogP contribution in [0.4, 0.5) is 5.82 Å². The number of anilines is 1. The maximum Gasteiger partial charge on any atom is 0.267 e. The average molecular weight is 427 g/mol.